The summed E-state index contributed by atoms with van der Waals surface area (Å²) in [7, 11) is 0. The topological polar surface area (TPSA) is 93.1 Å². The van der Waals surface area contributed by atoms with E-state index in [0.717, 1.165) is 65.5 Å². The van der Waals surface area contributed by atoms with E-state index in [1.165, 1.54) is 6.07 Å². The molecule has 0 heterocycles. The minimum Gasteiger partial charge on any atom is -0.462 e. The Morgan fingerprint density at radius 1 is 0.630 bits per heavy atom. The summed E-state index contributed by atoms with van der Waals surface area (Å²) in [6, 6.07) is 19.4. The summed E-state index contributed by atoms with van der Waals surface area (Å²) in [6.45, 7) is 6.10. The van der Waals surface area contributed by atoms with Crippen LogP contribution in [0.15, 0.2) is 85.0 Å². The first-order chi connectivity index (χ1) is 22.3. The SMILES string of the molecule is C=C(CO)C(=O)OCCCc1ccc(-c2ccc(-c3ccc(CCCOC(=O)C(=C)CO)cc3F)cc2CCCCCCF)cc1. The third-order valence-electron chi connectivity index (χ3n) is 7.69. The maximum atomic E-state index is 15.3. The second kappa shape index (κ2) is 19.4. The van der Waals surface area contributed by atoms with E-state index in [0.29, 0.717) is 31.2 Å². The van der Waals surface area contributed by atoms with Crippen molar-refractivity contribution < 1.29 is 38.1 Å². The van der Waals surface area contributed by atoms with Crippen LogP contribution in [0.5, 0.6) is 0 Å². The molecule has 46 heavy (non-hydrogen) atoms. The Hall–Kier alpha value is -4.14. The third kappa shape index (κ3) is 11.3. The lowest BCUT2D eigenvalue weighted by Crippen LogP contribution is -2.11. The first kappa shape index (κ1) is 36.3. The van der Waals surface area contributed by atoms with Gasteiger partial charge in [-0.15, -0.1) is 0 Å². The second-order valence-corrected chi connectivity index (χ2v) is 11.2. The maximum absolute atomic E-state index is 15.3. The smallest absolute Gasteiger partial charge is 0.335 e. The molecule has 0 aliphatic heterocycles. The van der Waals surface area contributed by atoms with Gasteiger partial charge in [-0.25, -0.2) is 14.0 Å². The zero-order chi connectivity index (χ0) is 33.3. The number of aliphatic hydroxyl groups is 2. The summed E-state index contributed by atoms with van der Waals surface area (Å²) in [4.78, 5) is 23.3. The highest BCUT2D eigenvalue weighted by molar-refractivity contribution is 5.88. The van der Waals surface area contributed by atoms with Gasteiger partial charge < -0.3 is 19.7 Å². The van der Waals surface area contributed by atoms with Gasteiger partial charge in [-0.1, -0.05) is 80.6 Å². The monoisotopic (exact) mass is 634 g/mol. The van der Waals surface area contributed by atoms with Gasteiger partial charge >= 0.3 is 11.9 Å². The average Bonchev–Trinajstić information content (AvgIpc) is 3.07. The average molecular weight is 635 g/mol. The van der Waals surface area contributed by atoms with E-state index in [4.69, 9.17) is 19.7 Å². The van der Waals surface area contributed by atoms with Crippen LogP contribution in [0.2, 0.25) is 0 Å². The number of unbranched alkanes of at least 4 members (excludes halogenated alkanes) is 3. The number of carbonyl (C=O) groups excluding carboxylic acids is 2. The summed E-state index contributed by atoms with van der Waals surface area (Å²) in [5, 5.41) is 17.9. The van der Waals surface area contributed by atoms with Crippen LogP contribution in [0.25, 0.3) is 22.3 Å². The van der Waals surface area contributed by atoms with Crippen LogP contribution in [0.4, 0.5) is 8.78 Å². The maximum Gasteiger partial charge on any atom is 0.335 e. The van der Waals surface area contributed by atoms with Crippen molar-refractivity contribution in [1.82, 2.24) is 0 Å². The molecule has 3 rings (SSSR count). The van der Waals surface area contributed by atoms with Gasteiger partial charge in [0.05, 0.1) is 44.2 Å². The van der Waals surface area contributed by atoms with Gasteiger partial charge in [0.15, 0.2) is 0 Å². The van der Waals surface area contributed by atoms with Gasteiger partial charge in [0.2, 0.25) is 0 Å². The highest BCUT2D eigenvalue weighted by Gasteiger charge is 2.13. The van der Waals surface area contributed by atoms with Crippen molar-refractivity contribution >= 4 is 11.9 Å². The molecule has 0 fully saturated rings. The molecule has 0 bridgehead atoms. The van der Waals surface area contributed by atoms with Crippen LogP contribution in [0, 0.1) is 5.82 Å². The van der Waals surface area contributed by atoms with Crippen LogP contribution in [-0.4, -0.2) is 55.3 Å². The lowest BCUT2D eigenvalue weighted by atomic mass is 9.91. The fourth-order valence-electron chi connectivity index (χ4n) is 5.03. The number of aryl methyl sites for hydroxylation is 3. The summed E-state index contributed by atoms with van der Waals surface area (Å²) in [5.41, 5.74) is 6.39. The quantitative estimate of drug-likeness (QED) is 0.0771. The molecule has 6 nitrogen and oxygen atoms in total. The largest absolute Gasteiger partial charge is 0.462 e. The van der Waals surface area contributed by atoms with Gasteiger partial charge in [-0.2, -0.15) is 0 Å². The number of hydrogen-bond donors (Lipinski definition) is 2. The minimum absolute atomic E-state index is 0.00255. The Kier molecular flexibility index (Phi) is 15.3. The summed E-state index contributed by atoms with van der Waals surface area (Å²) < 4.78 is 38.1. The molecule has 0 aliphatic rings. The molecule has 246 valence electrons. The lowest BCUT2D eigenvalue weighted by Gasteiger charge is -2.14. The van der Waals surface area contributed by atoms with Crippen molar-refractivity contribution in [1.29, 1.82) is 0 Å². The first-order valence-electron chi connectivity index (χ1n) is 15.8. The molecular formula is C38H44F2O6. The molecular weight excluding hydrogens is 590 g/mol. The fraction of sp³-hybridized carbons (Fsp3) is 0.368. The van der Waals surface area contributed by atoms with Crippen LogP contribution < -0.4 is 0 Å². The fourth-order valence-corrected chi connectivity index (χ4v) is 5.03. The molecule has 3 aromatic rings. The number of carbonyl (C=O) groups is 2. The Morgan fingerprint density at radius 2 is 1.17 bits per heavy atom. The highest BCUT2D eigenvalue weighted by Crippen LogP contribution is 2.32. The van der Waals surface area contributed by atoms with E-state index in [9.17, 15) is 14.0 Å². The first-order valence-corrected chi connectivity index (χ1v) is 15.8. The Labute approximate surface area is 270 Å². The lowest BCUT2D eigenvalue weighted by molar-refractivity contribution is -0.140. The van der Waals surface area contributed by atoms with E-state index in [1.54, 1.807) is 6.07 Å². The number of ether oxygens (including phenoxy) is 2. The summed E-state index contributed by atoms with van der Waals surface area (Å²) in [6.07, 6.45) is 6.38. The summed E-state index contributed by atoms with van der Waals surface area (Å²) >= 11 is 0. The van der Waals surface area contributed by atoms with E-state index in [1.807, 2.05) is 36.4 Å². The zero-order valence-corrected chi connectivity index (χ0v) is 26.4. The zero-order valence-electron chi connectivity index (χ0n) is 26.4. The van der Waals surface area contributed by atoms with Gasteiger partial charge in [0, 0.05) is 5.56 Å². The highest BCUT2D eigenvalue weighted by atomic mass is 19.1. The van der Waals surface area contributed by atoms with E-state index < -0.39 is 25.2 Å². The second-order valence-electron chi connectivity index (χ2n) is 11.2. The molecule has 0 atom stereocenters. The van der Waals surface area contributed by atoms with E-state index in [2.05, 4.69) is 25.3 Å². The number of aliphatic hydroxyl groups excluding tert-OH is 2. The van der Waals surface area contributed by atoms with Crippen LogP contribution in [-0.2, 0) is 38.3 Å². The normalized spacial score (nSPS) is 10.9. The molecule has 0 aromatic heterocycles. The van der Waals surface area contributed by atoms with Crippen molar-refractivity contribution in [3.63, 3.8) is 0 Å². The molecule has 0 radical (unpaired) electrons. The molecule has 2 N–H and O–H groups in total. The Morgan fingerprint density at radius 3 is 1.76 bits per heavy atom. The molecule has 8 heteroatoms. The molecule has 0 saturated heterocycles. The van der Waals surface area contributed by atoms with Crippen molar-refractivity contribution in [2.45, 2.75) is 57.8 Å². The predicted octanol–water partition coefficient (Wildman–Crippen LogP) is 7.28. The van der Waals surface area contributed by atoms with Crippen molar-refractivity contribution in [3.05, 3.63) is 107 Å². The minimum atomic E-state index is -0.635. The van der Waals surface area contributed by atoms with Crippen molar-refractivity contribution in [3.8, 4) is 22.3 Å². The van der Waals surface area contributed by atoms with E-state index >= 15 is 4.39 Å². The molecule has 0 amide bonds. The Balaban J connectivity index is 1.70. The third-order valence-corrected chi connectivity index (χ3v) is 7.69. The number of halogens is 2. The van der Waals surface area contributed by atoms with Crippen molar-refractivity contribution in [2.24, 2.45) is 0 Å². The van der Waals surface area contributed by atoms with Gasteiger partial charge in [0.1, 0.15) is 5.82 Å². The van der Waals surface area contributed by atoms with Crippen LogP contribution in [0.3, 0.4) is 0 Å². The van der Waals surface area contributed by atoms with Crippen LogP contribution >= 0.6 is 0 Å². The standard InChI is InChI=1S/C38H44F2O6/c1-27(25-41)37(43)45-21-7-9-29-12-15-31(16-13-29)34-19-17-33(24-32(34)11-5-3-4-6-20-39)35-18-14-30(23-36(35)40)10-8-22-46-38(44)28(2)26-42/h12-19,23-24,41-42H,1-11,20-22,25-26H2. The van der Waals surface area contributed by atoms with Crippen molar-refractivity contribution in [2.75, 3.05) is 33.1 Å². The molecule has 0 unspecified atom stereocenters. The predicted molar refractivity (Wildman–Crippen MR) is 176 cm³/mol. The molecule has 0 saturated carbocycles. The molecule has 3 aromatic carbocycles. The molecule has 0 spiro atoms. The summed E-state index contributed by atoms with van der Waals surface area (Å²) in [5.74, 6) is -1.55. The van der Waals surface area contributed by atoms with Gasteiger partial charge in [-0.3, -0.25) is 4.39 Å². The Bertz CT molecular complexity index is 1460. The van der Waals surface area contributed by atoms with Crippen LogP contribution in [0.1, 0.15) is 55.2 Å². The molecule has 0 aliphatic carbocycles. The van der Waals surface area contributed by atoms with Gasteiger partial charge in [-0.05, 0) is 84.4 Å². The van der Waals surface area contributed by atoms with Gasteiger partial charge in [0.25, 0.3) is 0 Å². The number of rotatable bonds is 20. The number of hydrogen-bond acceptors (Lipinski definition) is 6. The van der Waals surface area contributed by atoms with E-state index in [-0.39, 0.29) is 36.9 Å². The number of benzene rings is 3. The number of esters is 2. The number of alkyl halides is 1.